The summed E-state index contributed by atoms with van der Waals surface area (Å²) in [5.41, 5.74) is 4.73. The fraction of sp³-hybridized carbons (Fsp3) is 0.444. The third kappa shape index (κ3) is 3.54. The van der Waals surface area contributed by atoms with Crippen LogP contribution < -0.4 is 16.4 Å². The molecule has 1 rings (SSSR count). The molecule has 18 heavy (non-hydrogen) atoms. The van der Waals surface area contributed by atoms with Gasteiger partial charge >= 0.3 is 5.69 Å². The molecule has 0 unspecified atom stereocenters. The molecular formula is C9H14N6O3. The molecule has 0 aliphatic rings. The Morgan fingerprint density at radius 3 is 2.56 bits per heavy atom. The highest BCUT2D eigenvalue weighted by molar-refractivity contribution is 5.75. The first kappa shape index (κ1) is 13.6. The number of nitrogens with two attached hydrogens (primary N) is 1. The second kappa shape index (κ2) is 6.33. The predicted molar refractivity (Wildman–Crippen MR) is 65.2 cm³/mol. The second-order valence-corrected chi connectivity index (χ2v) is 3.35. The summed E-state index contributed by atoms with van der Waals surface area (Å²) in [7, 11) is 0. The summed E-state index contributed by atoms with van der Waals surface area (Å²) in [5, 5.41) is 16.4. The van der Waals surface area contributed by atoms with Gasteiger partial charge in [-0.25, -0.2) is 9.97 Å². The number of rotatable bonds is 7. The van der Waals surface area contributed by atoms with Gasteiger partial charge in [-0.2, -0.15) is 0 Å². The van der Waals surface area contributed by atoms with E-state index >= 15 is 0 Å². The number of anilines is 2. The standard InChI is InChI=1S/C9H14N6O3/c1-2-11-8-7(15(17)18)9(14-5-13-8)12-4-3-6(10)16/h5H,2-4H2,1H3,(H2,10,16)(H2,11,12,13,14). The first-order valence-electron chi connectivity index (χ1n) is 5.31. The highest BCUT2D eigenvalue weighted by Gasteiger charge is 2.22. The monoisotopic (exact) mass is 254 g/mol. The SMILES string of the molecule is CCNc1ncnc(NCCC(N)=O)c1[N+](=O)[O-]. The molecule has 0 saturated carbocycles. The molecule has 0 atom stereocenters. The quantitative estimate of drug-likeness (QED) is 0.463. The molecule has 98 valence electrons. The molecule has 9 nitrogen and oxygen atoms in total. The molecule has 0 aromatic carbocycles. The summed E-state index contributed by atoms with van der Waals surface area (Å²) in [6.45, 7) is 2.48. The molecule has 4 N–H and O–H groups in total. The van der Waals surface area contributed by atoms with Crippen LogP contribution in [0.25, 0.3) is 0 Å². The number of hydrogen-bond acceptors (Lipinski definition) is 7. The maximum absolute atomic E-state index is 11.0. The van der Waals surface area contributed by atoms with Crippen LogP contribution in [0.15, 0.2) is 6.33 Å². The number of hydrogen-bond donors (Lipinski definition) is 3. The zero-order valence-corrected chi connectivity index (χ0v) is 9.84. The van der Waals surface area contributed by atoms with Gasteiger partial charge in [0.15, 0.2) is 0 Å². The van der Waals surface area contributed by atoms with Gasteiger partial charge in [0.25, 0.3) is 0 Å². The third-order valence-electron chi connectivity index (χ3n) is 2.01. The van der Waals surface area contributed by atoms with Gasteiger partial charge in [0.05, 0.1) is 4.92 Å². The Kier molecular flexibility index (Phi) is 4.78. The molecular weight excluding hydrogens is 240 g/mol. The summed E-state index contributed by atoms with van der Waals surface area (Å²) in [6, 6.07) is 0. The molecule has 0 aliphatic carbocycles. The van der Waals surface area contributed by atoms with Crippen molar-refractivity contribution >= 4 is 23.2 Å². The molecule has 0 saturated heterocycles. The number of carbonyl (C=O) groups is 1. The van der Waals surface area contributed by atoms with Crippen LogP contribution in [0.4, 0.5) is 17.3 Å². The summed E-state index contributed by atoms with van der Waals surface area (Å²) in [6.07, 6.45) is 1.27. The van der Waals surface area contributed by atoms with Crippen LogP contribution in [0.1, 0.15) is 13.3 Å². The molecule has 9 heteroatoms. The third-order valence-corrected chi connectivity index (χ3v) is 2.01. The lowest BCUT2D eigenvalue weighted by Crippen LogP contribution is -2.17. The van der Waals surface area contributed by atoms with E-state index in [1.807, 2.05) is 0 Å². The fourth-order valence-corrected chi connectivity index (χ4v) is 1.28. The number of aromatic nitrogens is 2. The minimum atomic E-state index is -0.579. The second-order valence-electron chi connectivity index (χ2n) is 3.35. The number of nitrogens with one attached hydrogen (secondary N) is 2. The largest absolute Gasteiger partial charge is 0.370 e. The molecule has 0 radical (unpaired) electrons. The van der Waals surface area contributed by atoms with Crippen molar-refractivity contribution in [2.45, 2.75) is 13.3 Å². The number of nitro groups is 1. The Labute approximate surface area is 103 Å². The summed E-state index contributed by atoms with van der Waals surface area (Å²) in [5.74, 6) is -0.294. The molecule has 1 heterocycles. The van der Waals surface area contributed by atoms with Crippen LogP contribution in [0.5, 0.6) is 0 Å². The lowest BCUT2D eigenvalue weighted by Gasteiger charge is -2.08. The van der Waals surface area contributed by atoms with Crippen molar-refractivity contribution in [3.63, 3.8) is 0 Å². The van der Waals surface area contributed by atoms with Gasteiger partial charge in [0, 0.05) is 19.5 Å². The Hall–Kier alpha value is -2.45. The van der Waals surface area contributed by atoms with Gasteiger partial charge in [0.2, 0.25) is 17.5 Å². The molecule has 0 spiro atoms. The minimum absolute atomic E-state index is 0.0622. The normalized spacial score (nSPS) is 9.83. The van der Waals surface area contributed by atoms with Gasteiger partial charge in [0.1, 0.15) is 6.33 Å². The van der Waals surface area contributed by atoms with Gasteiger partial charge in [-0.3, -0.25) is 14.9 Å². The van der Waals surface area contributed by atoms with E-state index in [9.17, 15) is 14.9 Å². The first-order chi connectivity index (χ1) is 8.56. The number of amides is 1. The van der Waals surface area contributed by atoms with E-state index in [0.29, 0.717) is 6.54 Å². The van der Waals surface area contributed by atoms with Crippen molar-refractivity contribution < 1.29 is 9.72 Å². The molecule has 1 aromatic rings. The Morgan fingerprint density at radius 2 is 2.06 bits per heavy atom. The maximum atomic E-state index is 11.0. The lowest BCUT2D eigenvalue weighted by atomic mass is 10.3. The molecule has 1 amide bonds. The summed E-state index contributed by atoms with van der Waals surface area (Å²) < 4.78 is 0. The molecule has 0 aliphatic heterocycles. The molecule has 0 fully saturated rings. The fourth-order valence-electron chi connectivity index (χ4n) is 1.28. The Balaban J connectivity index is 2.92. The summed E-state index contributed by atoms with van der Waals surface area (Å²) >= 11 is 0. The smallest absolute Gasteiger partial charge is 0.353 e. The van der Waals surface area contributed by atoms with Gasteiger partial charge in [-0.05, 0) is 6.92 Å². The Morgan fingerprint density at radius 1 is 1.44 bits per heavy atom. The average molecular weight is 254 g/mol. The number of primary amides is 1. The van der Waals surface area contributed by atoms with Gasteiger partial charge in [-0.15, -0.1) is 0 Å². The van der Waals surface area contributed by atoms with Crippen molar-refractivity contribution in [1.82, 2.24) is 9.97 Å². The highest BCUT2D eigenvalue weighted by Crippen LogP contribution is 2.28. The van der Waals surface area contributed by atoms with Crippen LogP contribution in [-0.4, -0.2) is 33.9 Å². The lowest BCUT2D eigenvalue weighted by molar-refractivity contribution is -0.383. The van der Waals surface area contributed by atoms with E-state index in [1.165, 1.54) is 6.33 Å². The van der Waals surface area contributed by atoms with Crippen molar-refractivity contribution in [3.8, 4) is 0 Å². The van der Waals surface area contributed by atoms with Crippen LogP contribution in [0.2, 0.25) is 0 Å². The van der Waals surface area contributed by atoms with E-state index in [4.69, 9.17) is 5.73 Å². The minimum Gasteiger partial charge on any atom is -0.370 e. The van der Waals surface area contributed by atoms with E-state index < -0.39 is 10.8 Å². The molecule has 1 aromatic heterocycles. The van der Waals surface area contributed by atoms with Crippen LogP contribution in [0, 0.1) is 10.1 Å². The van der Waals surface area contributed by atoms with E-state index in [0.717, 1.165) is 0 Å². The van der Waals surface area contributed by atoms with Crippen LogP contribution >= 0.6 is 0 Å². The maximum Gasteiger partial charge on any atom is 0.353 e. The predicted octanol–water partition coefficient (Wildman–Crippen LogP) is 0.104. The van der Waals surface area contributed by atoms with Gasteiger partial charge < -0.3 is 16.4 Å². The highest BCUT2D eigenvalue weighted by atomic mass is 16.6. The van der Waals surface area contributed by atoms with E-state index in [2.05, 4.69) is 20.6 Å². The van der Waals surface area contributed by atoms with Gasteiger partial charge in [-0.1, -0.05) is 0 Å². The summed E-state index contributed by atoms with van der Waals surface area (Å²) in [4.78, 5) is 28.6. The zero-order chi connectivity index (χ0) is 13.5. The number of carbonyl (C=O) groups excluding carboxylic acids is 1. The van der Waals surface area contributed by atoms with Crippen molar-refractivity contribution in [2.24, 2.45) is 5.73 Å². The molecule has 0 bridgehead atoms. The van der Waals surface area contributed by atoms with Crippen LogP contribution in [-0.2, 0) is 4.79 Å². The topological polar surface area (TPSA) is 136 Å². The van der Waals surface area contributed by atoms with Crippen molar-refractivity contribution in [3.05, 3.63) is 16.4 Å². The average Bonchev–Trinajstić information content (AvgIpc) is 2.28. The van der Waals surface area contributed by atoms with Crippen LogP contribution in [0.3, 0.4) is 0 Å². The van der Waals surface area contributed by atoms with Crippen molar-refractivity contribution in [2.75, 3.05) is 23.7 Å². The number of nitrogens with zero attached hydrogens (tertiary/aromatic N) is 3. The van der Waals surface area contributed by atoms with Crippen molar-refractivity contribution in [1.29, 1.82) is 0 Å². The zero-order valence-electron chi connectivity index (χ0n) is 9.84. The Bertz CT molecular complexity index is 450. The van der Waals surface area contributed by atoms with E-state index in [1.54, 1.807) is 6.92 Å². The first-order valence-corrected chi connectivity index (χ1v) is 5.31. The van der Waals surface area contributed by atoms with E-state index in [-0.39, 0.29) is 30.3 Å².